The van der Waals surface area contributed by atoms with Crippen LogP contribution in [0.2, 0.25) is 0 Å². The van der Waals surface area contributed by atoms with Crippen LogP contribution in [-0.4, -0.2) is 15.9 Å². The van der Waals surface area contributed by atoms with Crippen LogP contribution in [0.15, 0.2) is 21.5 Å². The average Bonchev–Trinajstić information content (AvgIpc) is 3.24. The van der Waals surface area contributed by atoms with E-state index in [-0.39, 0.29) is 17.4 Å². The number of furan rings is 1. The zero-order valence-electron chi connectivity index (χ0n) is 12.1. The van der Waals surface area contributed by atoms with Crippen LogP contribution in [0.25, 0.3) is 0 Å². The molecule has 0 atom stereocenters. The highest BCUT2D eigenvalue weighted by Crippen LogP contribution is 2.42. The van der Waals surface area contributed by atoms with Gasteiger partial charge in [-0.15, -0.1) is 0 Å². The van der Waals surface area contributed by atoms with Crippen LogP contribution >= 0.6 is 0 Å². The number of nitrogens with one attached hydrogen (secondary N) is 2. The van der Waals surface area contributed by atoms with E-state index in [4.69, 9.17) is 4.42 Å². The Morgan fingerprint density at radius 1 is 1.32 bits per heavy atom. The average molecular weight is 299 g/mol. The molecule has 0 aromatic carbocycles. The fourth-order valence-electron chi connectivity index (χ4n) is 3.01. The maximum absolute atomic E-state index is 12.4. The fourth-order valence-corrected chi connectivity index (χ4v) is 3.01. The minimum Gasteiger partial charge on any atom is -0.468 e. The first-order chi connectivity index (χ1) is 10.7. The number of hydrogen-bond acceptors (Lipinski definition) is 4. The molecular formula is C16H17N3O3. The minimum atomic E-state index is -0.283. The number of nitrogens with zero attached hydrogens (tertiary/aromatic N) is 1. The Hall–Kier alpha value is -2.37. The van der Waals surface area contributed by atoms with Gasteiger partial charge < -0.3 is 4.42 Å². The molecule has 0 saturated heterocycles. The summed E-state index contributed by atoms with van der Waals surface area (Å²) in [4.78, 5) is 31.5. The van der Waals surface area contributed by atoms with Crippen molar-refractivity contribution in [2.75, 3.05) is 5.32 Å². The lowest BCUT2D eigenvalue weighted by Gasteiger charge is -2.14. The van der Waals surface area contributed by atoms with Crippen LogP contribution < -0.4 is 10.9 Å². The summed E-state index contributed by atoms with van der Waals surface area (Å²) in [5, 5.41) is 2.69. The molecule has 0 bridgehead atoms. The smallest absolute Gasteiger partial charge is 0.261 e. The molecule has 2 aliphatic carbocycles. The Bertz CT molecular complexity index is 786. The molecule has 0 radical (unpaired) electrons. The topological polar surface area (TPSA) is 88.0 Å². The van der Waals surface area contributed by atoms with Crippen molar-refractivity contribution in [2.45, 2.75) is 44.4 Å². The second-order valence-corrected chi connectivity index (χ2v) is 5.97. The molecule has 6 nitrogen and oxygen atoms in total. The third-order valence-electron chi connectivity index (χ3n) is 4.31. The summed E-state index contributed by atoms with van der Waals surface area (Å²) in [5.41, 5.74) is 1.95. The number of carbonyl (C=O) groups excluding carboxylic acids is 1. The molecule has 2 aromatic rings. The normalized spacial score (nSPS) is 17.1. The van der Waals surface area contributed by atoms with Gasteiger partial charge in [0.15, 0.2) is 0 Å². The number of carbonyl (C=O) groups is 1. The third-order valence-corrected chi connectivity index (χ3v) is 4.31. The first-order valence-corrected chi connectivity index (χ1v) is 7.73. The zero-order valence-corrected chi connectivity index (χ0v) is 12.1. The van der Waals surface area contributed by atoms with E-state index in [1.165, 1.54) is 6.26 Å². The molecule has 2 N–H and O–H groups in total. The summed E-state index contributed by atoms with van der Waals surface area (Å²) >= 11 is 0. The number of aryl methyl sites for hydroxylation is 1. The van der Waals surface area contributed by atoms with Crippen molar-refractivity contribution in [3.63, 3.8) is 0 Å². The molecule has 1 amide bonds. The Labute approximate surface area is 127 Å². The first kappa shape index (κ1) is 13.3. The quantitative estimate of drug-likeness (QED) is 0.910. The number of anilines is 1. The van der Waals surface area contributed by atoms with Gasteiger partial charge in [0.2, 0.25) is 5.95 Å². The van der Waals surface area contributed by atoms with Gasteiger partial charge in [-0.2, -0.15) is 0 Å². The maximum atomic E-state index is 12.4. The zero-order chi connectivity index (χ0) is 15.1. The lowest BCUT2D eigenvalue weighted by Crippen LogP contribution is -2.24. The Kier molecular flexibility index (Phi) is 3.10. The van der Waals surface area contributed by atoms with Gasteiger partial charge in [-0.1, -0.05) is 0 Å². The number of aromatic nitrogens is 2. The van der Waals surface area contributed by atoms with Gasteiger partial charge in [-0.05, 0) is 44.6 Å². The van der Waals surface area contributed by atoms with E-state index in [1.807, 2.05) is 0 Å². The number of fused-ring (bicyclic) bond motifs is 1. The molecule has 2 aliphatic rings. The molecule has 0 aliphatic heterocycles. The van der Waals surface area contributed by atoms with Gasteiger partial charge in [0.05, 0.1) is 17.5 Å². The van der Waals surface area contributed by atoms with Crippen LogP contribution in [0.3, 0.4) is 0 Å². The fraction of sp³-hybridized carbons (Fsp3) is 0.438. The van der Waals surface area contributed by atoms with Crippen LogP contribution in [-0.2, 0) is 12.8 Å². The molecule has 6 heteroatoms. The largest absolute Gasteiger partial charge is 0.468 e. The van der Waals surface area contributed by atoms with E-state index >= 15 is 0 Å². The molecule has 0 spiro atoms. The number of aromatic amines is 1. The van der Waals surface area contributed by atoms with E-state index in [0.717, 1.165) is 55.5 Å². The molecule has 2 aromatic heterocycles. The third kappa shape index (κ3) is 2.34. The van der Waals surface area contributed by atoms with Crippen molar-refractivity contribution >= 4 is 11.9 Å². The van der Waals surface area contributed by atoms with Crippen molar-refractivity contribution in [3.8, 4) is 0 Å². The van der Waals surface area contributed by atoms with Crippen LogP contribution in [0.1, 0.15) is 59.0 Å². The van der Waals surface area contributed by atoms with Gasteiger partial charge >= 0.3 is 0 Å². The van der Waals surface area contributed by atoms with E-state index in [0.29, 0.717) is 11.5 Å². The summed E-state index contributed by atoms with van der Waals surface area (Å²) in [6.07, 6.45) is 7.25. The van der Waals surface area contributed by atoms with Crippen LogP contribution in [0.5, 0.6) is 0 Å². The Balaban J connectivity index is 1.60. The summed E-state index contributed by atoms with van der Waals surface area (Å²) in [5.74, 6) is 1.03. The molecule has 0 unspecified atom stereocenters. The number of H-pyrrole nitrogens is 1. The van der Waals surface area contributed by atoms with E-state index in [2.05, 4.69) is 15.3 Å². The lowest BCUT2D eigenvalue weighted by molar-refractivity contribution is 0.102. The number of hydrogen-bond donors (Lipinski definition) is 2. The summed E-state index contributed by atoms with van der Waals surface area (Å²) in [6.45, 7) is 0. The van der Waals surface area contributed by atoms with Crippen LogP contribution in [0, 0.1) is 0 Å². The molecule has 114 valence electrons. The first-order valence-electron chi connectivity index (χ1n) is 7.73. The highest BCUT2D eigenvalue weighted by Gasteiger charge is 2.31. The van der Waals surface area contributed by atoms with Gasteiger partial charge in [0.25, 0.3) is 11.5 Å². The molecular weight excluding hydrogens is 282 g/mol. The van der Waals surface area contributed by atoms with E-state index in [9.17, 15) is 9.59 Å². The van der Waals surface area contributed by atoms with Crippen molar-refractivity contribution in [2.24, 2.45) is 0 Å². The molecule has 1 saturated carbocycles. The van der Waals surface area contributed by atoms with Gasteiger partial charge in [0.1, 0.15) is 5.76 Å². The Morgan fingerprint density at radius 2 is 2.14 bits per heavy atom. The van der Waals surface area contributed by atoms with Crippen molar-refractivity contribution in [1.82, 2.24) is 9.97 Å². The Morgan fingerprint density at radius 3 is 2.95 bits per heavy atom. The monoisotopic (exact) mass is 299 g/mol. The predicted molar refractivity (Wildman–Crippen MR) is 80.1 cm³/mol. The maximum Gasteiger partial charge on any atom is 0.261 e. The second-order valence-electron chi connectivity index (χ2n) is 5.97. The standard InChI is InChI=1S/C16H17N3O3/c20-14-10-3-1-2-4-12(10)17-16(18-14)19-15(21)11-7-8-22-13(11)9-5-6-9/h7-9H,1-6H2,(H2,17,18,19,20,21). The molecule has 22 heavy (non-hydrogen) atoms. The van der Waals surface area contributed by atoms with Gasteiger partial charge in [-0.25, -0.2) is 4.98 Å². The summed E-state index contributed by atoms with van der Waals surface area (Å²) < 4.78 is 5.41. The minimum absolute atomic E-state index is 0.144. The van der Waals surface area contributed by atoms with E-state index < -0.39 is 0 Å². The molecule has 1 fully saturated rings. The SMILES string of the molecule is O=C(Nc1nc2c(c(=O)[nH]1)CCCC2)c1ccoc1C1CC1. The van der Waals surface area contributed by atoms with E-state index in [1.54, 1.807) is 6.07 Å². The molecule has 2 heterocycles. The second kappa shape index (κ2) is 5.12. The van der Waals surface area contributed by atoms with Crippen molar-refractivity contribution in [1.29, 1.82) is 0 Å². The van der Waals surface area contributed by atoms with Gasteiger partial charge in [-0.3, -0.25) is 19.9 Å². The van der Waals surface area contributed by atoms with Crippen LogP contribution in [0.4, 0.5) is 5.95 Å². The highest BCUT2D eigenvalue weighted by atomic mass is 16.3. The summed E-state index contributed by atoms with van der Waals surface area (Å²) in [6, 6.07) is 1.67. The number of rotatable bonds is 3. The van der Waals surface area contributed by atoms with Crippen molar-refractivity contribution < 1.29 is 9.21 Å². The predicted octanol–water partition coefficient (Wildman–Crippen LogP) is 2.37. The van der Waals surface area contributed by atoms with Crippen molar-refractivity contribution in [3.05, 3.63) is 45.3 Å². The highest BCUT2D eigenvalue weighted by molar-refractivity contribution is 6.04. The summed E-state index contributed by atoms with van der Waals surface area (Å²) in [7, 11) is 0. The number of amides is 1. The lowest BCUT2D eigenvalue weighted by atomic mass is 9.97. The molecule has 4 rings (SSSR count). The van der Waals surface area contributed by atoms with Gasteiger partial charge in [0, 0.05) is 11.5 Å².